The van der Waals surface area contributed by atoms with Crippen LogP contribution in [0.3, 0.4) is 0 Å². The number of amides is 1. The predicted octanol–water partition coefficient (Wildman–Crippen LogP) is 0.396. The topological polar surface area (TPSA) is 81.7 Å². The summed E-state index contributed by atoms with van der Waals surface area (Å²) in [7, 11) is 0. The Labute approximate surface area is 101 Å². The van der Waals surface area contributed by atoms with Crippen molar-refractivity contribution in [2.24, 2.45) is 0 Å². The van der Waals surface area contributed by atoms with Crippen LogP contribution in [-0.2, 0) is 23.9 Å². The van der Waals surface area contributed by atoms with E-state index >= 15 is 0 Å². The fraction of sp³-hybridized carbons (Fsp3) is 0.727. The summed E-state index contributed by atoms with van der Waals surface area (Å²) < 4.78 is 9.74. The van der Waals surface area contributed by atoms with E-state index in [0.717, 1.165) is 0 Å². The van der Waals surface area contributed by atoms with E-state index in [1.54, 1.807) is 6.92 Å². The molecule has 6 nitrogen and oxygen atoms in total. The Bertz CT molecular complexity index is 290. The van der Waals surface area contributed by atoms with E-state index < -0.39 is 18.0 Å². The molecular formula is C11H19NO5. The van der Waals surface area contributed by atoms with Gasteiger partial charge in [0.2, 0.25) is 5.91 Å². The van der Waals surface area contributed by atoms with Crippen molar-refractivity contribution in [2.75, 3.05) is 6.61 Å². The average molecular weight is 245 g/mol. The second kappa shape index (κ2) is 7.65. The molecule has 0 saturated carbocycles. The summed E-state index contributed by atoms with van der Waals surface area (Å²) in [5.74, 6) is -1.50. The van der Waals surface area contributed by atoms with E-state index in [-0.39, 0.29) is 18.6 Å². The zero-order chi connectivity index (χ0) is 13.4. The minimum Gasteiger partial charge on any atom is -0.463 e. The van der Waals surface area contributed by atoms with E-state index in [1.807, 2.05) is 6.92 Å². The molecule has 0 aliphatic carbocycles. The van der Waals surface area contributed by atoms with Crippen LogP contribution in [0.2, 0.25) is 0 Å². The largest absolute Gasteiger partial charge is 0.463 e. The third kappa shape index (κ3) is 7.32. The highest BCUT2D eigenvalue weighted by Crippen LogP contribution is 2.00. The van der Waals surface area contributed by atoms with Crippen molar-refractivity contribution < 1.29 is 23.9 Å². The molecule has 98 valence electrons. The van der Waals surface area contributed by atoms with Gasteiger partial charge in [0.1, 0.15) is 6.61 Å². The Balaban J connectivity index is 4.38. The van der Waals surface area contributed by atoms with Gasteiger partial charge in [-0.3, -0.25) is 9.59 Å². The predicted molar refractivity (Wildman–Crippen MR) is 60.1 cm³/mol. The molecule has 0 saturated heterocycles. The van der Waals surface area contributed by atoms with Gasteiger partial charge in [-0.2, -0.15) is 0 Å². The maximum Gasteiger partial charge on any atom is 0.332 e. The number of hydrogen-bond acceptors (Lipinski definition) is 5. The van der Waals surface area contributed by atoms with Crippen LogP contribution in [0.4, 0.5) is 0 Å². The van der Waals surface area contributed by atoms with Crippen molar-refractivity contribution in [1.29, 1.82) is 0 Å². The van der Waals surface area contributed by atoms with Crippen LogP contribution >= 0.6 is 0 Å². The standard InChI is InChI=1S/C11H19NO5/c1-5-7(2)17-11(15)10(12-8(3)13)6-16-9(4)14/h7,10H,5-6H2,1-4H3,(H,12,13)/t7?,10-/m0/s1. The highest BCUT2D eigenvalue weighted by atomic mass is 16.6. The number of esters is 2. The zero-order valence-electron chi connectivity index (χ0n) is 10.6. The lowest BCUT2D eigenvalue weighted by atomic mass is 10.3. The van der Waals surface area contributed by atoms with E-state index in [2.05, 4.69) is 10.1 Å². The van der Waals surface area contributed by atoms with Gasteiger partial charge in [-0.1, -0.05) is 6.92 Å². The molecule has 1 N–H and O–H groups in total. The molecular weight excluding hydrogens is 226 g/mol. The molecule has 0 radical (unpaired) electrons. The van der Waals surface area contributed by atoms with Crippen LogP contribution in [0.5, 0.6) is 0 Å². The normalized spacial score (nSPS) is 13.4. The smallest absolute Gasteiger partial charge is 0.332 e. The lowest BCUT2D eigenvalue weighted by Gasteiger charge is -2.18. The van der Waals surface area contributed by atoms with Crippen molar-refractivity contribution in [3.63, 3.8) is 0 Å². The molecule has 0 aromatic rings. The maximum atomic E-state index is 11.6. The molecule has 0 heterocycles. The molecule has 0 spiro atoms. The van der Waals surface area contributed by atoms with E-state index in [4.69, 9.17) is 4.74 Å². The summed E-state index contributed by atoms with van der Waals surface area (Å²) in [6.07, 6.45) is 0.433. The summed E-state index contributed by atoms with van der Waals surface area (Å²) >= 11 is 0. The summed E-state index contributed by atoms with van der Waals surface area (Å²) in [6, 6.07) is -0.953. The zero-order valence-corrected chi connectivity index (χ0v) is 10.6. The summed E-state index contributed by atoms with van der Waals surface area (Å²) in [5, 5.41) is 2.37. The van der Waals surface area contributed by atoms with Crippen LogP contribution in [0.15, 0.2) is 0 Å². The molecule has 0 aliphatic heterocycles. The van der Waals surface area contributed by atoms with Crippen molar-refractivity contribution in [3.05, 3.63) is 0 Å². The Kier molecular flexibility index (Phi) is 6.93. The van der Waals surface area contributed by atoms with Crippen molar-refractivity contribution >= 4 is 17.8 Å². The third-order valence-electron chi connectivity index (χ3n) is 2.01. The number of rotatable bonds is 6. The lowest BCUT2D eigenvalue weighted by molar-refractivity contribution is -0.156. The van der Waals surface area contributed by atoms with Gasteiger partial charge in [-0.25, -0.2) is 4.79 Å². The highest BCUT2D eigenvalue weighted by Gasteiger charge is 2.23. The summed E-state index contributed by atoms with van der Waals surface area (Å²) in [6.45, 7) is 5.90. The second-order valence-corrected chi connectivity index (χ2v) is 3.71. The van der Waals surface area contributed by atoms with Crippen LogP contribution in [0.25, 0.3) is 0 Å². The maximum absolute atomic E-state index is 11.6. The van der Waals surface area contributed by atoms with Gasteiger partial charge < -0.3 is 14.8 Å². The molecule has 1 unspecified atom stereocenters. The first-order chi connectivity index (χ1) is 7.86. The van der Waals surface area contributed by atoms with Crippen molar-refractivity contribution in [2.45, 2.75) is 46.3 Å². The van der Waals surface area contributed by atoms with Gasteiger partial charge in [0.15, 0.2) is 6.04 Å². The summed E-state index contributed by atoms with van der Waals surface area (Å²) in [5.41, 5.74) is 0. The molecule has 0 aliphatic rings. The molecule has 1 amide bonds. The molecule has 0 fully saturated rings. The highest BCUT2D eigenvalue weighted by molar-refractivity contribution is 5.83. The molecule has 0 aromatic carbocycles. The molecule has 0 bridgehead atoms. The molecule has 6 heteroatoms. The van der Waals surface area contributed by atoms with Crippen LogP contribution < -0.4 is 5.32 Å². The molecule has 0 aromatic heterocycles. The van der Waals surface area contributed by atoms with Gasteiger partial charge in [-0.05, 0) is 13.3 Å². The number of nitrogens with one attached hydrogen (secondary N) is 1. The second-order valence-electron chi connectivity index (χ2n) is 3.71. The first-order valence-corrected chi connectivity index (χ1v) is 5.47. The number of ether oxygens (including phenoxy) is 2. The average Bonchev–Trinajstić information content (AvgIpc) is 2.22. The molecule has 2 atom stereocenters. The third-order valence-corrected chi connectivity index (χ3v) is 2.01. The number of hydrogen-bond donors (Lipinski definition) is 1. The van der Waals surface area contributed by atoms with Crippen LogP contribution in [0.1, 0.15) is 34.1 Å². The van der Waals surface area contributed by atoms with Crippen LogP contribution in [0, 0.1) is 0 Å². The van der Waals surface area contributed by atoms with Gasteiger partial charge in [0.25, 0.3) is 0 Å². The lowest BCUT2D eigenvalue weighted by Crippen LogP contribution is -2.45. The van der Waals surface area contributed by atoms with E-state index in [1.165, 1.54) is 13.8 Å². The Morgan fingerprint density at radius 2 is 1.82 bits per heavy atom. The minimum absolute atomic E-state index is 0.218. The monoisotopic (exact) mass is 245 g/mol. The fourth-order valence-electron chi connectivity index (χ4n) is 0.978. The van der Waals surface area contributed by atoms with E-state index in [0.29, 0.717) is 6.42 Å². The number of carbonyl (C=O) groups is 3. The molecule has 17 heavy (non-hydrogen) atoms. The molecule has 0 rings (SSSR count). The van der Waals surface area contributed by atoms with Crippen molar-refractivity contribution in [1.82, 2.24) is 5.32 Å². The Hall–Kier alpha value is -1.59. The SMILES string of the molecule is CCC(C)OC(=O)[C@H](COC(C)=O)NC(C)=O. The first kappa shape index (κ1) is 15.4. The minimum atomic E-state index is -0.953. The Morgan fingerprint density at radius 3 is 2.24 bits per heavy atom. The van der Waals surface area contributed by atoms with Crippen LogP contribution in [-0.4, -0.2) is 36.6 Å². The Morgan fingerprint density at radius 1 is 1.24 bits per heavy atom. The fourth-order valence-corrected chi connectivity index (χ4v) is 0.978. The van der Waals surface area contributed by atoms with Gasteiger partial charge >= 0.3 is 11.9 Å². The van der Waals surface area contributed by atoms with Crippen molar-refractivity contribution in [3.8, 4) is 0 Å². The van der Waals surface area contributed by atoms with Gasteiger partial charge in [0, 0.05) is 13.8 Å². The van der Waals surface area contributed by atoms with Gasteiger partial charge in [-0.15, -0.1) is 0 Å². The number of carbonyl (C=O) groups excluding carboxylic acids is 3. The quantitative estimate of drug-likeness (QED) is 0.685. The van der Waals surface area contributed by atoms with Gasteiger partial charge in [0.05, 0.1) is 6.10 Å². The first-order valence-electron chi connectivity index (χ1n) is 5.47. The van der Waals surface area contributed by atoms with E-state index in [9.17, 15) is 14.4 Å². The summed E-state index contributed by atoms with van der Waals surface area (Å²) in [4.78, 5) is 33.2.